The van der Waals surface area contributed by atoms with Gasteiger partial charge in [-0.1, -0.05) is 22.0 Å². The number of aryl methyl sites for hydroxylation is 1. The number of benzene rings is 1. The zero-order valence-electron chi connectivity index (χ0n) is 6.90. The van der Waals surface area contributed by atoms with Gasteiger partial charge in [0.2, 0.25) is 0 Å². The lowest BCUT2D eigenvalue weighted by Gasteiger charge is -2.05. The van der Waals surface area contributed by atoms with E-state index in [2.05, 4.69) is 15.9 Å². The molecule has 1 aromatic carbocycles. The lowest BCUT2D eigenvalue weighted by atomic mass is 10.1. The van der Waals surface area contributed by atoms with Gasteiger partial charge in [-0.3, -0.25) is 4.79 Å². The fraction of sp³-hybridized carbons (Fsp3) is 0.222. The predicted octanol–water partition coefficient (Wildman–Crippen LogP) is 3.32. The summed E-state index contributed by atoms with van der Waals surface area (Å²) < 4.78 is 14.1. The molecule has 0 heterocycles. The molecule has 0 radical (unpaired) electrons. The quantitative estimate of drug-likeness (QED) is 0.451. The summed E-state index contributed by atoms with van der Waals surface area (Å²) in [4.78, 5) is 11.3. The van der Waals surface area contributed by atoms with Crippen molar-refractivity contribution in [2.24, 2.45) is 0 Å². The first-order valence-electron chi connectivity index (χ1n) is 3.61. The monoisotopic (exact) mass is 356 g/mol. The Hall–Kier alpha value is 0.0300. The van der Waals surface area contributed by atoms with Crippen LogP contribution >= 0.6 is 38.5 Å². The van der Waals surface area contributed by atoms with E-state index in [1.54, 1.807) is 19.1 Å². The van der Waals surface area contributed by atoms with E-state index >= 15 is 0 Å². The Bertz CT molecular complexity index is 352. The van der Waals surface area contributed by atoms with Crippen molar-refractivity contribution in [2.75, 3.05) is 5.33 Å². The average molecular weight is 357 g/mol. The van der Waals surface area contributed by atoms with Crippen LogP contribution in [-0.2, 0) is 0 Å². The number of carbonyl (C=O) groups is 1. The molecule has 0 amide bonds. The number of carbonyl (C=O) groups excluding carboxylic acids is 1. The minimum absolute atomic E-state index is 0.156. The molecule has 0 aliphatic rings. The Balaban J connectivity index is 3.33. The van der Waals surface area contributed by atoms with Crippen molar-refractivity contribution in [2.45, 2.75) is 6.92 Å². The third-order valence-corrected chi connectivity index (χ3v) is 3.09. The van der Waals surface area contributed by atoms with Gasteiger partial charge in [0, 0.05) is 3.57 Å². The zero-order chi connectivity index (χ0) is 10.0. The lowest BCUT2D eigenvalue weighted by Crippen LogP contribution is -2.07. The Labute approximate surface area is 98.0 Å². The normalized spacial score (nSPS) is 10.2. The molecule has 0 atom stereocenters. The van der Waals surface area contributed by atoms with Crippen LogP contribution in [0.3, 0.4) is 0 Å². The molecule has 0 saturated carbocycles. The highest BCUT2D eigenvalue weighted by molar-refractivity contribution is 14.1. The van der Waals surface area contributed by atoms with Crippen LogP contribution in [0.4, 0.5) is 4.39 Å². The van der Waals surface area contributed by atoms with Crippen molar-refractivity contribution in [1.82, 2.24) is 0 Å². The van der Waals surface area contributed by atoms with Gasteiger partial charge in [-0.2, -0.15) is 0 Å². The fourth-order valence-electron chi connectivity index (χ4n) is 0.979. The first-order valence-corrected chi connectivity index (χ1v) is 5.81. The molecule has 0 saturated heterocycles. The first kappa shape index (κ1) is 11.1. The second-order valence-corrected chi connectivity index (χ2v) is 4.33. The van der Waals surface area contributed by atoms with Crippen molar-refractivity contribution < 1.29 is 9.18 Å². The summed E-state index contributed by atoms with van der Waals surface area (Å²) in [5.74, 6) is -0.623. The van der Waals surface area contributed by atoms with Gasteiger partial charge in [-0.05, 0) is 41.1 Å². The van der Waals surface area contributed by atoms with E-state index in [-0.39, 0.29) is 16.7 Å². The molecular formula is C9H7BrFIO. The summed E-state index contributed by atoms with van der Waals surface area (Å²) in [6, 6.07) is 3.41. The van der Waals surface area contributed by atoms with Crippen LogP contribution in [0.15, 0.2) is 12.1 Å². The van der Waals surface area contributed by atoms with Crippen LogP contribution in [0.25, 0.3) is 0 Å². The second kappa shape index (κ2) is 4.50. The van der Waals surface area contributed by atoms with Crippen molar-refractivity contribution in [3.05, 3.63) is 32.6 Å². The molecule has 1 nitrogen and oxygen atoms in total. The van der Waals surface area contributed by atoms with E-state index in [1.165, 1.54) is 0 Å². The van der Waals surface area contributed by atoms with Crippen LogP contribution < -0.4 is 0 Å². The smallest absolute Gasteiger partial charge is 0.177 e. The van der Waals surface area contributed by atoms with Gasteiger partial charge in [0.1, 0.15) is 5.82 Å². The number of rotatable bonds is 2. The number of alkyl halides is 1. The Morgan fingerprint density at radius 1 is 1.62 bits per heavy atom. The average Bonchev–Trinajstić information content (AvgIpc) is 2.12. The van der Waals surface area contributed by atoms with Crippen LogP contribution in [-0.4, -0.2) is 11.1 Å². The highest BCUT2D eigenvalue weighted by atomic mass is 127. The van der Waals surface area contributed by atoms with E-state index in [0.29, 0.717) is 9.13 Å². The lowest BCUT2D eigenvalue weighted by molar-refractivity contribution is 0.101. The largest absolute Gasteiger partial charge is 0.293 e. The minimum Gasteiger partial charge on any atom is -0.293 e. The molecule has 0 aliphatic carbocycles. The van der Waals surface area contributed by atoms with Crippen molar-refractivity contribution >= 4 is 44.3 Å². The highest BCUT2D eigenvalue weighted by Crippen LogP contribution is 2.20. The molecule has 1 aromatic rings. The molecule has 4 heteroatoms. The third kappa shape index (κ3) is 2.28. The Kier molecular flexibility index (Phi) is 3.85. The first-order chi connectivity index (χ1) is 6.07. The molecular weight excluding hydrogens is 350 g/mol. The van der Waals surface area contributed by atoms with Gasteiger partial charge in [0.15, 0.2) is 5.78 Å². The molecule has 13 heavy (non-hydrogen) atoms. The summed E-state index contributed by atoms with van der Waals surface area (Å²) in [5.41, 5.74) is 0.696. The van der Waals surface area contributed by atoms with Gasteiger partial charge in [-0.15, -0.1) is 0 Å². The van der Waals surface area contributed by atoms with Gasteiger partial charge >= 0.3 is 0 Å². The summed E-state index contributed by atoms with van der Waals surface area (Å²) >= 11 is 4.98. The molecule has 0 N–H and O–H groups in total. The topological polar surface area (TPSA) is 17.1 Å². The van der Waals surface area contributed by atoms with E-state index < -0.39 is 5.82 Å². The number of ketones is 1. The second-order valence-electron chi connectivity index (χ2n) is 2.61. The van der Waals surface area contributed by atoms with Crippen molar-refractivity contribution in [3.8, 4) is 0 Å². The Morgan fingerprint density at radius 3 is 2.77 bits per heavy atom. The van der Waals surface area contributed by atoms with E-state index in [0.717, 1.165) is 0 Å². The number of hydrogen-bond acceptors (Lipinski definition) is 1. The zero-order valence-corrected chi connectivity index (χ0v) is 10.6. The highest BCUT2D eigenvalue weighted by Gasteiger charge is 2.15. The van der Waals surface area contributed by atoms with Gasteiger partial charge < -0.3 is 0 Å². The van der Waals surface area contributed by atoms with Crippen LogP contribution in [0.5, 0.6) is 0 Å². The van der Waals surface area contributed by atoms with Crippen LogP contribution in [0.2, 0.25) is 0 Å². The molecule has 0 spiro atoms. The van der Waals surface area contributed by atoms with E-state index in [9.17, 15) is 9.18 Å². The standard InChI is InChI=1S/C9H7BrFIO/c1-5-2-3-6(12)8(9(5)11)7(13)4-10/h2-3H,4H2,1H3. The van der Waals surface area contributed by atoms with Gasteiger partial charge in [0.25, 0.3) is 0 Å². The van der Waals surface area contributed by atoms with Crippen LogP contribution in [0, 0.1) is 16.3 Å². The Morgan fingerprint density at radius 2 is 2.23 bits per heavy atom. The number of Topliss-reactive ketones (excluding diaryl/α,β-unsaturated/α-hetero) is 1. The minimum atomic E-state index is -0.406. The molecule has 0 fully saturated rings. The molecule has 0 unspecified atom stereocenters. The van der Waals surface area contributed by atoms with E-state index in [4.69, 9.17) is 0 Å². The van der Waals surface area contributed by atoms with Gasteiger partial charge in [-0.25, -0.2) is 4.39 Å². The third-order valence-electron chi connectivity index (χ3n) is 1.68. The maximum absolute atomic E-state index is 13.5. The summed E-state index contributed by atoms with van der Waals surface area (Å²) in [6.45, 7) is 1.65. The SMILES string of the molecule is Cc1ccc(I)c(C(=O)CBr)c1F. The predicted molar refractivity (Wildman–Crippen MR) is 62.0 cm³/mol. The fourth-order valence-corrected chi connectivity index (χ4v) is 1.98. The molecule has 0 bridgehead atoms. The number of halogens is 3. The molecule has 0 aromatic heterocycles. The van der Waals surface area contributed by atoms with Crippen LogP contribution in [0.1, 0.15) is 15.9 Å². The maximum Gasteiger partial charge on any atom is 0.177 e. The summed E-state index contributed by atoms with van der Waals surface area (Å²) in [7, 11) is 0. The molecule has 0 aliphatic heterocycles. The molecule has 70 valence electrons. The summed E-state index contributed by atoms with van der Waals surface area (Å²) in [6.07, 6.45) is 0. The summed E-state index contributed by atoms with van der Waals surface area (Å²) in [5, 5.41) is 0.156. The van der Waals surface area contributed by atoms with Gasteiger partial charge in [0.05, 0.1) is 10.9 Å². The van der Waals surface area contributed by atoms with Crippen molar-refractivity contribution in [1.29, 1.82) is 0 Å². The van der Waals surface area contributed by atoms with Crippen molar-refractivity contribution in [3.63, 3.8) is 0 Å². The maximum atomic E-state index is 13.5. The molecule has 1 rings (SSSR count). The van der Waals surface area contributed by atoms with E-state index in [1.807, 2.05) is 22.6 Å². The number of hydrogen-bond donors (Lipinski definition) is 0.